The van der Waals surface area contributed by atoms with Crippen LogP contribution in [0, 0.1) is 35.0 Å². The van der Waals surface area contributed by atoms with Crippen molar-refractivity contribution in [3.63, 3.8) is 0 Å². The van der Waals surface area contributed by atoms with Crippen LogP contribution in [-0.4, -0.2) is 0 Å². The van der Waals surface area contributed by atoms with Gasteiger partial charge in [0.15, 0.2) is 0 Å². The van der Waals surface area contributed by atoms with E-state index < -0.39 is 0 Å². The van der Waals surface area contributed by atoms with E-state index in [1.54, 1.807) is 0 Å². The van der Waals surface area contributed by atoms with E-state index >= 15 is 0 Å². The van der Waals surface area contributed by atoms with Gasteiger partial charge >= 0.3 is 0 Å². The third-order valence-corrected chi connectivity index (χ3v) is 4.29. The van der Waals surface area contributed by atoms with Gasteiger partial charge < -0.3 is 0 Å². The van der Waals surface area contributed by atoms with Crippen molar-refractivity contribution in [2.45, 2.75) is 52.9 Å². The average molecular weight is 190 g/mol. The van der Waals surface area contributed by atoms with Gasteiger partial charge in [-0.05, 0) is 42.4 Å². The molecular weight excluding hydrogens is 168 g/mol. The second kappa shape index (κ2) is 3.61. The molecule has 2 rings (SSSR count). The van der Waals surface area contributed by atoms with E-state index in [0.29, 0.717) is 5.41 Å². The molecule has 2 aliphatic rings. The molecule has 0 aliphatic heterocycles. The highest BCUT2D eigenvalue weighted by molar-refractivity contribution is 5.13. The maximum absolute atomic E-state index is 3.29. The van der Waals surface area contributed by atoms with Crippen molar-refractivity contribution in [3.05, 3.63) is 0 Å². The van der Waals surface area contributed by atoms with Gasteiger partial charge in [-0.2, -0.15) is 0 Å². The number of hydrogen-bond donors (Lipinski definition) is 0. The summed E-state index contributed by atoms with van der Waals surface area (Å²) >= 11 is 0. The number of fused-ring (bicyclic) bond motifs is 1. The zero-order valence-electron chi connectivity index (χ0n) is 9.77. The van der Waals surface area contributed by atoms with E-state index in [1.165, 1.54) is 19.3 Å². The van der Waals surface area contributed by atoms with Gasteiger partial charge in [-0.15, -0.1) is 11.8 Å². The maximum Gasteiger partial charge on any atom is 0.00940 e. The van der Waals surface area contributed by atoms with Gasteiger partial charge in [0.1, 0.15) is 0 Å². The molecule has 1 saturated carbocycles. The van der Waals surface area contributed by atoms with Crippen LogP contribution in [0.5, 0.6) is 0 Å². The minimum atomic E-state index is 0.666. The summed E-state index contributed by atoms with van der Waals surface area (Å²) in [6.07, 6.45) is 6.43. The molecule has 0 heteroatoms. The molecule has 0 heterocycles. The van der Waals surface area contributed by atoms with E-state index in [0.717, 1.165) is 30.6 Å². The van der Waals surface area contributed by atoms with Crippen LogP contribution in [0.4, 0.5) is 0 Å². The van der Waals surface area contributed by atoms with Gasteiger partial charge in [0.05, 0.1) is 0 Å². The number of rotatable bonds is 2. The second-order valence-corrected chi connectivity index (χ2v) is 5.74. The Morgan fingerprint density at radius 1 is 1.29 bits per heavy atom. The molecule has 78 valence electrons. The topological polar surface area (TPSA) is 0 Å². The lowest BCUT2D eigenvalue weighted by atomic mass is 9.93. The van der Waals surface area contributed by atoms with Crippen LogP contribution < -0.4 is 0 Å². The van der Waals surface area contributed by atoms with Crippen molar-refractivity contribution in [1.82, 2.24) is 0 Å². The monoisotopic (exact) mass is 190 g/mol. The van der Waals surface area contributed by atoms with Crippen LogP contribution >= 0.6 is 0 Å². The molecule has 2 aliphatic carbocycles. The van der Waals surface area contributed by atoms with Crippen molar-refractivity contribution < 1.29 is 0 Å². The first kappa shape index (κ1) is 10.1. The lowest BCUT2D eigenvalue weighted by molar-refractivity contribution is 0.408. The minimum Gasteiger partial charge on any atom is -0.103 e. The van der Waals surface area contributed by atoms with Gasteiger partial charge in [-0.25, -0.2) is 0 Å². The Hall–Kier alpha value is -0.440. The van der Waals surface area contributed by atoms with Crippen molar-refractivity contribution >= 4 is 0 Å². The Bertz CT molecular complexity index is 265. The number of hydrogen-bond acceptors (Lipinski definition) is 0. The van der Waals surface area contributed by atoms with Crippen molar-refractivity contribution in [1.29, 1.82) is 0 Å². The van der Waals surface area contributed by atoms with Crippen LogP contribution in [0.3, 0.4) is 0 Å². The second-order valence-electron chi connectivity index (χ2n) is 5.74. The summed E-state index contributed by atoms with van der Waals surface area (Å²) in [4.78, 5) is 0. The molecule has 1 fully saturated rings. The lowest BCUT2D eigenvalue weighted by Crippen LogP contribution is -2.01. The fourth-order valence-electron chi connectivity index (χ4n) is 3.34. The van der Waals surface area contributed by atoms with Crippen LogP contribution in [0.15, 0.2) is 0 Å². The molecule has 0 radical (unpaired) electrons. The SMILES string of the molecule is CC(C)C[C@@H]1[C@@H]2CCC#CCC[C@]12C. The molecule has 0 unspecified atom stereocenters. The summed E-state index contributed by atoms with van der Waals surface area (Å²) < 4.78 is 0. The van der Waals surface area contributed by atoms with Crippen LogP contribution in [0.1, 0.15) is 52.9 Å². The Labute approximate surface area is 88.5 Å². The average Bonchev–Trinajstić information content (AvgIpc) is 2.56. The standard InChI is InChI=1S/C14H22/c1-11(2)10-13-12-8-6-4-5-7-9-14(12,13)3/h11-13H,6-10H2,1-3H3/t12-,13+,14-/m0/s1. The fraction of sp³-hybridized carbons (Fsp3) is 0.857. The van der Waals surface area contributed by atoms with E-state index in [2.05, 4.69) is 32.6 Å². The smallest absolute Gasteiger partial charge is 0.00940 e. The predicted octanol–water partition coefficient (Wildman–Crippen LogP) is 3.86. The van der Waals surface area contributed by atoms with Gasteiger partial charge in [-0.3, -0.25) is 0 Å². The first-order chi connectivity index (χ1) is 6.64. The normalized spacial score (nSPS) is 40.6. The summed E-state index contributed by atoms with van der Waals surface area (Å²) in [6, 6.07) is 0. The Morgan fingerprint density at radius 3 is 2.71 bits per heavy atom. The molecule has 14 heavy (non-hydrogen) atoms. The molecule has 0 bridgehead atoms. The maximum atomic E-state index is 3.29. The van der Waals surface area contributed by atoms with Crippen molar-refractivity contribution in [2.75, 3.05) is 0 Å². The van der Waals surface area contributed by atoms with Crippen molar-refractivity contribution in [2.24, 2.45) is 23.2 Å². The Morgan fingerprint density at radius 2 is 2.00 bits per heavy atom. The quantitative estimate of drug-likeness (QED) is 0.580. The summed E-state index contributed by atoms with van der Waals surface area (Å²) in [5.74, 6) is 9.45. The molecule has 0 aromatic carbocycles. The highest BCUT2D eigenvalue weighted by atomic mass is 14.6. The highest BCUT2D eigenvalue weighted by Gasteiger charge is 2.58. The van der Waals surface area contributed by atoms with Crippen LogP contribution in [-0.2, 0) is 0 Å². The van der Waals surface area contributed by atoms with Crippen LogP contribution in [0.25, 0.3) is 0 Å². The van der Waals surface area contributed by atoms with Gasteiger partial charge in [0, 0.05) is 12.8 Å². The van der Waals surface area contributed by atoms with E-state index in [4.69, 9.17) is 0 Å². The molecule has 0 aromatic rings. The lowest BCUT2D eigenvalue weighted by Gasteiger charge is -2.11. The van der Waals surface area contributed by atoms with Crippen LogP contribution in [0.2, 0.25) is 0 Å². The minimum absolute atomic E-state index is 0.666. The Kier molecular flexibility index (Phi) is 2.60. The molecule has 0 amide bonds. The van der Waals surface area contributed by atoms with Gasteiger partial charge in [0.25, 0.3) is 0 Å². The molecule has 0 saturated heterocycles. The summed E-state index contributed by atoms with van der Waals surface area (Å²) in [7, 11) is 0. The first-order valence-electron chi connectivity index (χ1n) is 6.10. The van der Waals surface area contributed by atoms with Gasteiger partial charge in [0.2, 0.25) is 0 Å². The first-order valence-corrected chi connectivity index (χ1v) is 6.10. The van der Waals surface area contributed by atoms with E-state index in [1.807, 2.05) is 0 Å². The third kappa shape index (κ3) is 1.70. The fourth-order valence-corrected chi connectivity index (χ4v) is 3.34. The zero-order chi connectivity index (χ0) is 10.2. The molecule has 0 nitrogen and oxygen atoms in total. The molecule has 3 atom stereocenters. The van der Waals surface area contributed by atoms with E-state index in [9.17, 15) is 0 Å². The largest absolute Gasteiger partial charge is 0.103 e. The van der Waals surface area contributed by atoms with E-state index in [-0.39, 0.29) is 0 Å². The molecule has 0 aromatic heterocycles. The molecular formula is C14H22. The highest BCUT2D eigenvalue weighted by Crippen LogP contribution is 2.65. The summed E-state index contributed by atoms with van der Waals surface area (Å²) in [6.45, 7) is 7.20. The predicted molar refractivity (Wildman–Crippen MR) is 60.8 cm³/mol. The molecule has 0 N–H and O–H groups in total. The Balaban J connectivity index is 1.99. The van der Waals surface area contributed by atoms with Gasteiger partial charge in [-0.1, -0.05) is 20.8 Å². The third-order valence-electron chi connectivity index (χ3n) is 4.29. The summed E-state index contributed by atoms with van der Waals surface area (Å²) in [5, 5.41) is 0. The molecule has 0 spiro atoms. The summed E-state index contributed by atoms with van der Waals surface area (Å²) in [5.41, 5.74) is 0.666. The zero-order valence-corrected chi connectivity index (χ0v) is 9.77. The van der Waals surface area contributed by atoms with Crippen molar-refractivity contribution in [3.8, 4) is 11.8 Å².